The summed E-state index contributed by atoms with van der Waals surface area (Å²) in [5, 5.41) is 11.7. The van der Waals surface area contributed by atoms with E-state index in [0.29, 0.717) is 18.0 Å². The monoisotopic (exact) mass is 368 g/mol. The van der Waals surface area contributed by atoms with E-state index in [1.807, 2.05) is 12.1 Å². The van der Waals surface area contributed by atoms with Crippen molar-refractivity contribution in [2.75, 3.05) is 11.4 Å². The molecule has 0 saturated carbocycles. The van der Waals surface area contributed by atoms with Gasteiger partial charge in [0.1, 0.15) is 5.75 Å². The number of fused-ring (bicyclic) bond motifs is 1. The molecule has 2 aromatic rings. The van der Waals surface area contributed by atoms with Gasteiger partial charge in [-0.25, -0.2) is 4.79 Å². The number of carboxylic acid groups (broad SMARTS) is 1. The fourth-order valence-electron chi connectivity index (χ4n) is 2.86. The molecule has 0 radical (unpaired) electrons. The molecule has 7 heteroatoms. The van der Waals surface area contributed by atoms with Gasteiger partial charge in [-0.1, -0.05) is 24.3 Å². The smallest absolute Gasteiger partial charge is 0.335 e. The van der Waals surface area contributed by atoms with Crippen molar-refractivity contribution in [1.82, 2.24) is 5.32 Å². The van der Waals surface area contributed by atoms with Gasteiger partial charge in [-0.2, -0.15) is 0 Å². The van der Waals surface area contributed by atoms with Crippen molar-refractivity contribution in [3.8, 4) is 5.75 Å². The number of aromatic carboxylic acids is 1. The van der Waals surface area contributed by atoms with Crippen molar-refractivity contribution in [3.63, 3.8) is 0 Å². The first-order valence-electron chi connectivity index (χ1n) is 8.61. The van der Waals surface area contributed by atoms with E-state index in [0.717, 1.165) is 5.56 Å². The van der Waals surface area contributed by atoms with Gasteiger partial charge in [-0.05, 0) is 36.8 Å². The molecule has 2 N–H and O–H groups in total. The first-order chi connectivity index (χ1) is 13.0. The summed E-state index contributed by atoms with van der Waals surface area (Å²) in [6.07, 6.45) is -0.435. The molecule has 1 atom stereocenters. The molecule has 1 heterocycles. The second-order valence-corrected chi connectivity index (χ2v) is 6.25. The third-order valence-electron chi connectivity index (χ3n) is 4.33. The lowest BCUT2D eigenvalue weighted by Gasteiger charge is -2.32. The van der Waals surface area contributed by atoms with Crippen LogP contribution in [0.25, 0.3) is 0 Å². The number of anilines is 1. The van der Waals surface area contributed by atoms with E-state index in [9.17, 15) is 14.4 Å². The molecular formula is C20H20N2O5. The van der Waals surface area contributed by atoms with Crippen molar-refractivity contribution in [1.29, 1.82) is 0 Å². The predicted octanol–water partition coefficient (Wildman–Crippen LogP) is 2.21. The van der Waals surface area contributed by atoms with Gasteiger partial charge in [0.25, 0.3) is 5.91 Å². The Labute approximate surface area is 156 Å². The van der Waals surface area contributed by atoms with Crippen LogP contribution in [0, 0.1) is 0 Å². The minimum Gasteiger partial charge on any atom is -0.479 e. The summed E-state index contributed by atoms with van der Waals surface area (Å²) in [5.41, 5.74) is 1.66. The number of nitrogens with zero attached hydrogens (tertiary/aromatic N) is 1. The van der Waals surface area contributed by atoms with Gasteiger partial charge < -0.3 is 20.1 Å². The normalized spacial score (nSPS) is 15.7. The zero-order valence-corrected chi connectivity index (χ0v) is 14.8. The van der Waals surface area contributed by atoms with E-state index in [-0.39, 0.29) is 30.3 Å². The molecular weight excluding hydrogens is 348 g/mol. The minimum absolute atomic E-state index is 0.153. The Kier molecular flexibility index (Phi) is 5.40. The van der Waals surface area contributed by atoms with E-state index in [1.165, 1.54) is 12.1 Å². The summed E-state index contributed by atoms with van der Waals surface area (Å²) in [4.78, 5) is 37.0. The van der Waals surface area contributed by atoms with Crippen LogP contribution in [0.4, 0.5) is 5.69 Å². The van der Waals surface area contributed by atoms with Crippen LogP contribution in [0.1, 0.15) is 29.3 Å². The summed E-state index contributed by atoms with van der Waals surface area (Å²) >= 11 is 0. The van der Waals surface area contributed by atoms with Crippen molar-refractivity contribution >= 4 is 23.5 Å². The van der Waals surface area contributed by atoms with Crippen molar-refractivity contribution in [3.05, 3.63) is 59.7 Å². The molecule has 140 valence electrons. The first-order valence-corrected chi connectivity index (χ1v) is 8.61. The van der Waals surface area contributed by atoms with Crippen LogP contribution in [0.5, 0.6) is 5.75 Å². The van der Waals surface area contributed by atoms with Gasteiger partial charge in [0, 0.05) is 19.5 Å². The lowest BCUT2D eigenvalue weighted by molar-refractivity contribution is -0.125. The van der Waals surface area contributed by atoms with E-state index in [2.05, 4.69) is 5.32 Å². The van der Waals surface area contributed by atoms with Crippen molar-refractivity contribution in [2.45, 2.75) is 26.0 Å². The molecule has 0 bridgehead atoms. The molecule has 3 rings (SSSR count). The Bertz CT molecular complexity index is 863. The van der Waals surface area contributed by atoms with Gasteiger partial charge in [0.2, 0.25) is 5.91 Å². The number of ether oxygens (including phenoxy) is 1. The standard InChI is InChI=1S/C20H20N2O5/c1-13-19(24)22(16-4-2-3-5-17(16)27-13)11-10-18(23)21-12-14-6-8-15(9-7-14)20(25)26/h2-9,13H,10-12H2,1H3,(H,21,23)(H,25,26). The lowest BCUT2D eigenvalue weighted by atomic mass is 10.1. The second kappa shape index (κ2) is 7.90. The zero-order chi connectivity index (χ0) is 19.4. The minimum atomic E-state index is -0.990. The highest BCUT2D eigenvalue weighted by atomic mass is 16.5. The summed E-state index contributed by atoms with van der Waals surface area (Å²) in [5.74, 6) is -0.730. The van der Waals surface area contributed by atoms with Gasteiger partial charge in [0.15, 0.2) is 6.10 Å². The van der Waals surface area contributed by atoms with E-state index in [1.54, 1.807) is 36.1 Å². The Hall–Kier alpha value is -3.35. The summed E-state index contributed by atoms with van der Waals surface area (Å²) in [6, 6.07) is 13.6. The van der Waals surface area contributed by atoms with Gasteiger partial charge in [-0.3, -0.25) is 9.59 Å². The van der Waals surface area contributed by atoms with Gasteiger partial charge >= 0.3 is 5.97 Å². The van der Waals surface area contributed by atoms with Gasteiger partial charge in [0.05, 0.1) is 11.3 Å². The number of para-hydroxylation sites is 2. The van der Waals surface area contributed by atoms with Crippen LogP contribution < -0.4 is 15.0 Å². The third kappa shape index (κ3) is 4.25. The van der Waals surface area contributed by atoms with Crippen LogP contribution in [-0.4, -0.2) is 35.5 Å². The third-order valence-corrected chi connectivity index (χ3v) is 4.33. The van der Waals surface area contributed by atoms with Crippen LogP contribution >= 0.6 is 0 Å². The fraction of sp³-hybridized carbons (Fsp3) is 0.250. The summed E-state index contributed by atoms with van der Waals surface area (Å²) < 4.78 is 5.58. The molecule has 0 saturated heterocycles. The molecule has 2 amide bonds. The molecule has 27 heavy (non-hydrogen) atoms. The van der Waals surface area contributed by atoms with E-state index < -0.39 is 12.1 Å². The average molecular weight is 368 g/mol. The molecule has 7 nitrogen and oxygen atoms in total. The highest BCUT2D eigenvalue weighted by molar-refractivity contribution is 6.00. The number of hydrogen-bond acceptors (Lipinski definition) is 4. The number of rotatable bonds is 6. The summed E-state index contributed by atoms with van der Waals surface area (Å²) in [7, 11) is 0. The first kappa shape index (κ1) is 18.4. The Morgan fingerprint density at radius 3 is 2.56 bits per heavy atom. The van der Waals surface area contributed by atoms with Crippen LogP contribution in [-0.2, 0) is 16.1 Å². The maximum atomic E-state index is 12.4. The number of benzene rings is 2. The molecule has 1 aliphatic heterocycles. The molecule has 0 spiro atoms. The topological polar surface area (TPSA) is 95.9 Å². The Balaban J connectivity index is 1.56. The fourth-order valence-corrected chi connectivity index (χ4v) is 2.86. The quantitative estimate of drug-likeness (QED) is 0.815. The van der Waals surface area contributed by atoms with Gasteiger partial charge in [-0.15, -0.1) is 0 Å². The van der Waals surface area contributed by atoms with Crippen LogP contribution in [0.2, 0.25) is 0 Å². The average Bonchev–Trinajstić information content (AvgIpc) is 2.67. The van der Waals surface area contributed by atoms with E-state index in [4.69, 9.17) is 9.84 Å². The summed E-state index contributed by atoms with van der Waals surface area (Å²) in [6.45, 7) is 2.24. The Morgan fingerprint density at radius 2 is 1.85 bits per heavy atom. The number of nitrogens with one attached hydrogen (secondary N) is 1. The molecule has 0 fully saturated rings. The number of carbonyl (C=O) groups is 3. The SMILES string of the molecule is CC1Oc2ccccc2N(CCC(=O)NCc2ccc(C(=O)O)cc2)C1=O. The zero-order valence-electron chi connectivity index (χ0n) is 14.8. The highest BCUT2D eigenvalue weighted by Crippen LogP contribution is 2.33. The number of carbonyl (C=O) groups excluding carboxylic acids is 2. The molecule has 0 aliphatic carbocycles. The number of amides is 2. The molecule has 1 aliphatic rings. The van der Waals surface area contributed by atoms with Crippen molar-refractivity contribution < 1.29 is 24.2 Å². The van der Waals surface area contributed by atoms with E-state index >= 15 is 0 Å². The maximum absolute atomic E-state index is 12.4. The van der Waals surface area contributed by atoms with Crippen LogP contribution in [0.3, 0.4) is 0 Å². The maximum Gasteiger partial charge on any atom is 0.335 e. The molecule has 2 aromatic carbocycles. The molecule has 0 aromatic heterocycles. The second-order valence-electron chi connectivity index (χ2n) is 6.25. The highest BCUT2D eigenvalue weighted by Gasteiger charge is 2.31. The predicted molar refractivity (Wildman–Crippen MR) is 98.8 cm³/mol. The number of hydrogen-bond donors (Lipinski definition) is 2. The molecule has 1 unspecified atom stereocenters. The van der Waals surface area contributed by atoms with Crippen LogP contribution in [0.15, 0.2) is 48.5 Å². The largest absolute Gasteiger partial charge is 0.479 e. The van der Waals surface area contributed by atoms with Crippen molar-refractivity contribution in [2.24, 2.45) is 0 Å². The Morgan fingerprint density at radius 1 is 1.15 bits per heavy atom. The number of carboxylic acids is 1. The lowest BCUT2D eigenvalue weighted by Crippen LogP contribution is -2.45.